The predicted octanol–water partition coefficient (Wildman–Crippen LogP) is 4.25. The Kier molecular flexibility index (Phi) is 4.51. The number of hydrogen-bond donors (Lipinski definition) is 1. The van der Waals surface area contributed by atoms with E-state index in [1.54, 1.807) is 0 Å². The van der Waals surface area contributed by atoms with E-state index in [0.29, 0.717) is 24.2 Å². The molecule has 7 heteroatoms. The fraction of sp³-hybridized carbons (Fsp3) is 0. The van der Waals surface area contributed by atoms with Gasteiger partial charge in [0.2, 0.25) is 0 Å². The van der Waals surface area contributed by atoms with Gasteiger partial charge in [-0.25, -0.2) is 4.79 Å². The minimum Gasteiger partial charge on any atom is -0.478 e. The SMILES string of the molecule is O=Cc1c(Br)c(Br)c(Br)c(Br)c1C(=O)O. The lowest BCUT2D eigenvalue weighted by Gasteiger charge is -2.10. The molecule has 0 aliphatic heterocycles. The summed E-state index contributed by atoms with van der Waals surface area (Å²) in [6.45, 7) is 0. The maximum Gasteiger partial charge on any atom is 0.337 e. The second-order valence-electron chi connectivity index (χ2n) is 2.47. The van der Waals surface area contributed by atoms with Crippen molar-refractivity contribution in [3.05, 3.63) is 29.0 Å². The van der Waals surface area contributed by atoms with Gasteiger partial charge in [-0.1, -0.05) is 0 Å². The van der Waals surface area contributed by atoms with Crippen LogP contribution in [-0.2, 0) is 0 Å². The Labute approximate surface area is 119 Å². The van der Waals surface area contributed by atoms with Crippen LogP contribution in [-0.4, -0.2) is 17.4 Å². The van der Waals surface area contributed by atoms with Crippen molar-refractivity contribution in [2.45, 2.75) is 0 Å². The van der Waals surface area contributed by atoms with E-state index >= 15 is 0 Å². The molecule has 0 fully saturated rings. The molecule has 0 aliphatic rings. The van der Waals surface area contributed by atoms with E-state index in [4.69, 9.17) is 5.11 Å². The van der Waals surface area contributed by atoms with Gasteiger partial charge < -0.3 is 5.11 Å². The highest BCUT2D eigenvalue weighted by atomic mass is 79.9. The number of rotatable bonds is 2. The highest BCUT2D eigenvalue weighted by Gasteiger charge is 2.22. The van der Waals surface area contributed by atoms with Crippen LogP contribution in [0.1, 0.15) is 20.7 Å². The van der Waals surface area contributed by atoms with E-state index in [1.165, 1.54) is 0 Å². The maximum absolute atomic E-state index is 11.0. The van der Waals surface area contributed by atoms with Gasteiger partial charge >= 0.3 is 5.97 Å². The van der Waals surface area contributed by atoms with Crippen molar-refractivity contribution < 1.29 is 14.7 Å². The number of aldehydes is 1. The molecular formula is C8H2Br4O3. The molecular weight excluding hydrogens is 464 g/mol. The topological polar surface area (TPSA) is 54.4 Å². The van der Waals surface area contributed by atoms with Gasteiger partial charge in [-0.2, -0.15) is 0 Å². The molecule has 0 atom stereocenters. The molecule has 0 unspecified atom stereocenters. The number of benzene rings is 1. The molecule has 0 aliphatic carbocycles. The smallest absolute Gasteiger partial charge is 0.337 e. The molecule has 0 bridgehead atoms. The zero-order valence-electron chi connectivity index (χ0n) is 6.85. The largest absolute Gasteiger partial charge is 0.478 e. The van der Waals surface area contributed by atoms with E-state index in [1.807, 2.05) is 0 Å². The first-order valence-corrected chi connectivity index (χ1v) is 6.63. The van der Waals surface area contributed by atoms with E-state index in [0.717, 1.165) is 0 Å². The second-order valence-corrected chi connectivity index (χ2v) is 5.64. The van der Waals surface area contributed by atoms with Crippen LogP contribution in [0.15, 0.2) is 17.9 Å². The molecule has 1 rings (SSSR count). The minimum absolute atomic E-state index is 0.0769. The van der Waals surface area contributed by atoms with Gasteiger partial charge in [-0.3, -0.25) is 4.79 Å². The molecule has 3 nitrogen and oxygen atoms in total. The fourth-order valence-electron chi connectivity index (χ4n) is 0.968. The second kappa shape index (κ2) is 5.07. The Hall–Kier alpha value is 0.280. The van der Waals surface area contributed by atoms with Crippen LogP contribution in [0, 0.1) is 0 Å². The number of hydrogen-bond acceptors (Lipinski definition) is 2. The average molecular weight is 466 g/mol. The monoisotopic (exact) mass is 462 g/mol. The average Bonchev–Trinajstić information content (AvgIpc) is 2.19. The summed E-state index contributed by atoms with van der Waals surface area (Å²) in [6, 6.07) is 0. The van der Waals surface area contributed by atoms with Crippen LogP contribution in [0.3, 0.4) is 0 Å². The molecule has 0 saturated carbocycles. The highest BCUT2D eigenvalue weighted by molar-refractivity contribution is 9.15. The first-order chi connectivity index (χ1) is 6.91. The van der Waals surface area contributed by atoms with Crippen molar-refractivity contribution in [3.8, 4) is 0 Å². The molecule has 0 aromatic heterocycles. The van der Waals surface area contributed by atoms with Gasteiger partial charge in [0, 0.05) is 23.5 Å². The molecule has 0 spiro atoms. The zero-order chi connectivity index (χ0) is 11.7. The number of carbonyl (C=O) groups excluding carboxylic acids is 1. The van der Waals surface area contributed by atoms with E-state index in [9.17, 15) is 9.59 Å². The molecule has 1 N–H and O–H groups in total. The quantitative estimate of drug-likeness (QED) is 0.404. The summed E-state index contributed by atoms with van der Waals surface area (Å²) >= 11 is 12.7. The van der Waals surface area contributed by atoms with Crippen LogP contribution in [0.2, 0.25) is 0 Å². The lowest BCUT2D eigenvalue weighted by Crippen LogP contribution is -2.05. The maximum atomic E-state index is 11.0. The zero-order valence-corrected chi connectivity index (χ0v) is 13.2. The number of carbonyl (C=O) groups is 2. The molecule has 1 aromatic rings. The third-order valence-corrected chi connectivity index (χ3v) is 6.43. The van der Waals surface area contributed by atoms with Gasteiger partial charge in [-0.05, 0) is 63.7 Å². The van der Waals surface area contributed by atoms with Gasteiger partial charge in [-0.15, -0.1) is 0 Å². The Morgan fingerprint density at radius 2 is 1.47 bits per heavy atom. The normalized spacial score (nSPS) is 10.1. The number of aromatic carboxylic acids is 1. The molecule has 0 radical (unpaired) electrons. The predicted molar refractivity (Wildman–Crippen MR) is 69.6 cm³/mol. The van der Waals surface area contributed by atoms with E-state index < -0.39 is 5.97 Å². The molecule has 1 aromatic carbocycles. The summed E-state index contributed by atoms with van der Waals surface area (Å²) in [5.41, 5.74) is 0.0106. The Bertz CT molecular complexity index is 456. The molecule has 15 heavy (non-hydrogen) atoms. The summed E-state index contributed by atoms with van der Waals surface area (Å²) in [7, 11) is 0. The van der Waals surface area contributed by atoms with Crippen LogP contribution in [0.5, 0.6) is 0 Å². The van der Waals surface area contributed by atoms with Gasteiger partial charge in [0.15, 0.2) is 6.29 Å². The van der Waals surface area contributed by atoms with Gasteiger partial charge in [0.1, 0.15) is 0 Å². The lowest BCUT2D eigenvalue weighted by molar-refractivity contribution is 0.0692. The third kappa shape index (κ3) is 2.35. The summed E-state index contributed by atoms with van der Waals surface area (Å²) in [5.74, 6) is -1.17. The van der Waals surface area contributed by atoms with Crippen molar-refractivity contribution in [3.63, 3.8) is 0 Å². The number of carboxylic acid groups (broad SMARTS) is 1. The van der Waals surface area contributed by atoms with E-state index in [2.05, 4.69) is 63.7 Å². The summed E-state index contributed by atoms with van der Waals surface area (Å²) in [5, 5.41) is 8.97. The third-order valence-electron chi connectivity index (χ3n) is 1.64. The highest BCUT2D eigenvalue weighted by Crippen LogP contribution is 2.41. The first kappa shape index (κ1) is 13.3. The van der Waals surface area contributed by atoms with Crippen molar-refractivity contribution in [1.29, 1.82) is 0 Å². The Morgan fingerprint density at radius 3 is 1.87 bits per heavy atom. The molecule has 0 amide bonds. The summed E-state index contributed by atoms with van der Waals surface area (Å²) in [6.07, 6.45) is 0.496. The van der Waals surface area contributed by atoms with Crippen LogP contribution in [0.25, 0.3) is 0 Å². The van der Waals surface area contributed by atoms with Crippen LogP contribution in [0.4, 0.5) is 0 Å². The molecule has 0 saturated heterocycles. The molecule has 0 heterocycles. The fourth-order valence-corrected chi connectivity index (χ4v) is 3.38. The van der Waals surface area contributed by atoms with Gasteiger partial charge in [0.05, 0.1) is 5.56 Å². The van der Waals surface area contributed by atoms with Crippen molar-refractivity contribution >= 4 is 76.0 Å². The van der Waals surface area contributed by atoms with E-state index in [-0.39, 0.29) is 11.1 Å². The first-order valence-electron chi connectivity index (χ1n) is 3.46. The number of carboxylic acids is 1. The Morgan fingerprint density at radius 1 is 1.00 bits per heavy atom. The standard InChI is InChI=1S/C8H2Br4O3/c9-4-2(1-13)3(8(14)15)5(10)7(12)6(4)11/h1H,(H,14,15). The summed E-state index contributed by atoms with van der Waals surface area (Å²) < 4.78 is 1.86. The Balaban J connectivity index is 3.78. The lowest BCUT2D eigenvalue weighted by atomic mass is 10.1. The van der Waals surface area contributed by atoms with Crippen LogP contribution < -0.4 is 0 Å². The van der Waals surface area contributed by atoms with Crippen molar-refractivity contribution in [2.24, 2.45) is 0 Å². The minimum atomic E-state index is -1.17. The van der Waals surface area contributed by atoms with Crippen molar-refractivity contribution in [1.82, 2.24) is 0 Å². The van der Waals surface area contributed by atoms with Gasteiger partial charge in [0.25, 0.3) is 0 Å². The van der Waals surface area contributed by atoms with Crippen molar-refractivity contribution in [2.75, 3.05) is 0 Å². The summed E-state index contributed by atoms with van der Waals surface area (Å²) in [4.78, 5) is 21.8. The molecule has 80 valence electrons. The number of halogens is 4. The van der Waals surface area contributed by atoms with Crippen LogP contribution >= 0.6 is 63.7 Å².